The molecule has 112 valence electrons. The zero-order valence-electron chi connectivity index (χ0n) is 11.9. The van der Waals surface area contributed by atoms with Gasteiger partial charge in [-0.15, -0.1) is 0 Å². The molecule has 2 aliphatic rings. The Labute approximate surface area is 119 Å². The van der Waals surface area contributed by atoms with Gasteiger partial charge in [0.2, 0.25) is 0 Å². The molecule has 0 radical (unpaired) electrons. The van der Waals surface area contributed by atoms with Crippen molar-refractivity contribution in [3.8, 4) is 0 Å². The molecule has 2 fully saturated rings. The summed E-state index contributed by atoms with van der Waals surface area (Å²) in [6, 6.07) is 0.0321. The Morgan fingerprint density at radius 1 is 1.25 bits per heavy atom. The second-order valence-electron chi connectivity index (χ2n) is 5.62. The van der Waals surface area contributed by atoms with E-state index in [1.165, 1.54) is 0 Å². The Bertz CT molecular complexity index is 411. The van der Waals surface area contributed by atoms with Crippen LogP contribution in [0.5, 0.6) is 0 Å². The van der Waals surface area contributed by atoms with Crippen LogP contribution in [0.3, 0.4) is 0 Å². The first-order valence-corrected chi connectivity index (χ1v) is 7.48. The number of aromatic nitrogens is 2. The van der Waals surface area contributed by atoms with Gasteiger partial charge < -0.3 is 19.8 Å². The molecule has 2 atom stereocenters. The minimum absolute atomic E-state index is 0.0321. The number of nitrogens with two attached hydrogens (primary N) is 1. The van der Waals surface area contributed by atoms with E-state index in [9.17, 15) is 0 Å². The van der Waals surface area contributed by atoms with Gasteiger partial charge in [-0.3, -0.25) is 4.90 Å². The lowest BCUT2D eigenvalue weighted by Crippen LogP contribution is -2.38. The van der Waals surface area contributed by atoms with Crippen LogP contribution in [0.2, 0.25) is 0 Å². The smallest absolute Gasteiger partial charge is 0.0949 e. The Balaban J connectivity index is 1.57. The lowest BCUT2D eigenvalue weighted by molar-refractivity contribution is 0.0362. The van der Waals surface area contributed by atoms with Crippen molar-refractivity contribution in [2.75, 3.05) is 46.1 Å². The number of imidazole rings is 1. The average molecular weight is 280 g/mol. The minimum Gasteiger partial charge on any atom is -0.381 e. The summed E-state index contributed by atoms with van der Waals surface area (Å²) in [5, 5.41) is 0. The molecular formula is C14H24N4O2. The molecule has 20 heavy (non-hydrogen) atoms. The summed E-state index contributed by atoms with van der Waals surface area (Å²) in [4.78, 5) is 6.71. The fourth-order valence-corrected chi connectivity index (χ4v) is 2.95. The second-order valence-corrected chi connectivity index (χ2v) is 5.62. The van der Waals surface area contributed by atoms with Crippen LogP contribution in [0.15, 0.2) is 12.5 Å². The highest BCUT2D eigenvalue weighted by Gasteiger charge is 2.26. The van der Waals surface area contributed by atoms with Gasteiger partial charge in [-0.1, -0.05) is 0 Å². The van der Waals surface area contributed by atoms with E-state index in [0.29, 0.717) is 5.92 Å². The average Bonchev–Trinajstić information content (AvgIpc) is 3.17. The third-order valence-electron chi connectivity index (χ3n) is 4.32. The number of nitrogens with zero attached hydrogens (tertiary/aromatic N) is 3. The van der Waals surface area contributed by atoms with Crippen molar-refractivity contribution in [1.29, 1.82) is 0 Å². The fraction of sp³-hybridized carbons (Fsp3) is 0.786. The maximum atomic E-state index is 6.38. The Morgan fingerprint density at radius 2 is 2.10 bits per heavy atom. The first-order chi connectivity index (χ1) is 9.84. The summed E-state index contributed by atoms with van der Waals surface area (Å²) in [5.74, 6) is 0.425. The van der Waals surface area contributed by atoms with Gasteiger partial charge in [0.25, 0.3) is 0 Å². The molecule has 2 saturated heterocycles. The molecule has 1 aromatic rings. The second kappa shape index (κ2) is 6.67. The molecule has 0 amide bonds. The zero-order valence-corrected chi connectivity index (χ0v) is 11.9. The van der Waals surface area contributed by atoms with Crippen LogP contribution in [0.4, 0.5) is 0 Å². The molecule has 3 heterocycles. The van der Waals surface area contributed by atoms with Crippen LogP contribution < -0.4 is 5.73 Å². The zero-order chi connectivity index (χ0) is 13.8. The van der Waals surface area contributed by atoms with Crippen LogP contribution >= 0.6 is 0 Å². The van der Waals surface area contributed by atoms with Crippen LogP contribution in [0, 0.1) is 5.92 Å². The van der Waals surface area contributed by atoms with Gasteiger partial charge in [0.1, 0.15) is 0 Å². The molecular weight excluding hydrogens is 256 g/mol. The third kappa shape index (κ3) is 3.20. The van der Waals surface area contributed by atoms with E-state index in [-0.39, 0.29) is 6.04 Å². The normalized spacial score (nSPS) is 25.9. The number of hydrogen-bond donors (Lipinski definition) is 1. The van der Waals surface area contributed by atoms with Crippen LogP contribution in [0.25, 0.3) is 0 Å². The van der Waals surface area contributed by atoms with E-state index in [2.05, 4.69) is 14.5 Å². The number of ether oxygens (including phenoxy) is 2. The van der Waals surface area contributed by atoms with Gasteiger partial charge in [-0.25, -0.2) is 4.98 Å². The maximum absolute atomic E-state index is 6.38. The molecule has 2 N–H and O–H groups in total. The van der Waals surface area contributed by atoms with Gasteiger partial charge in [-0.05, 0) is 6.42 Å². The molecule has 0 aromatic carbocycles. The molecule has 2 aliphatic heterocycles. The summed E-state index contributed by atoms with van der Waals surface area (Å²) in [6.07, 6.45) is 4.85. The van der Waals surface area contributed by atoms with E-state index < -0.39 is 0 Å². The van der Waals surface area contributed by atoms with Crippen LogP contribution in [0.1, 0.15) is 18.2 Å². The van der Waals surface area contributed by atoms with Crippen molar-refractivity contribution in [3.05, 3.63) is 18.2 Å². The maximum Gasteiger partial charge on any atom is 0.0949 e. The summed E-state index contributed by atoms with van der Waals surface area (Å²) < 4.78 is 13.0. The van der Waals surface area contributed by atoms with Gasteiger partial charge >= 0.3 is 0 Å². The molecule has 3 rings (SSSR count). The third-order valence-corrected chi connectivity index (χ3v) is 4.32. The number of hydrogen-bond acceptors (Lipinski definition) is 5. The van der Waals surface area contributed by atoms with Crippen molar-refractivity contribution in [3.63, 3.8) is 0 Å². The number of rotatable bonds is 5. The summed E-state index contributed by atoms with van der Waals surface area (Å²) in [7, 11) is 0. The van der Waals surface area contributed by atoms with Gasteiger partial charge in [0.15, 0.2) is 0 Å². The highest BCUT2D eigenvalue weighted by molar-refractivity contribution is 5.07. The standard InChI is InChI=1S/C14H24N4O2/c15-14(12-1-6-20-10-12)13-9-16-11-18(13)3-2-17-4-7-19-8-5-17/h9,11-12,14H,1-8,10,15H2. The van der Waals surface area contributed by atoms with Crippen molar-refractivity contribution in [1.82, 2.24) is 14.5 Å². The largest absolute Gasteiger partial charge is 0.381 e. The van der Waals surface area contributed by atoms with Gasteiger partial charge in [0.05, 0.1) is 37.9 Å². The lowest BCUT2D eigenvalue weighted by atomic mass is 9.97. The van der Waals surface area contributed by atoms with E-state index in [4.69, 9.17) is 15.2 Å². The molecule has 6 heteroatoms. The lowest BCUT2D eigenvalue weighted by Gasteiger charge is -2.27. The SMILES string of the molecule is NC(c1cncn1CCN1CCOCC1)C1CCOC1. The summed E-state index contributed by atoms with van der Waals surface area (Å²) in [5.41, 5.74) is 7.51. The van der Waals surface area contributed by atoms with Crippen LogP contribution in [-0.4, -0.2) is 60.5 Å². The fourth-order valence-electron chi connectivity index (χ4n) is 2.95. The van der Waals surface area contributed by atoms with Crippen molar-refractivity contribution >= 4 is 0 Å². The molecule has 0 bridgehead atoms. The first kappa shape index (κ1) is 14.0. The highest BCUT2D eigenvalue weighted by atomic mass is 16.5. The Morgan fingerprint density at radius 3 is 2.85 bits per heavy atom. The summed E-state index contributed by atoms with van der Waals surface area (Å²) in [6.45, 7) is 7.30. The van der Waals surface area contributed by atoms with Crippen molar-refractivity contribution in [2.45, 2.75) is 19.0 Å². The summed E-state index contributed by atoms with van der Waals surface area (Å²) >= 11 is 0. The molecule has 6 nitrogen and oxygen atoms in total. The molecule has 1 aromatic heterocycles. The van der Waals surface area contributed by atoms with E-state index in [1.807, 2.05) is 12.5 Å². The molecule has 0 saturated carbocycles. The molecule has 0 aliphatic carbocycles. The number of morpholine rings is 1. The van der Waals surface area contributed by atoms with E-state index >= 15 is 0 Å². The van der Waals surface area contributed by atoms with Crippen molar-refractivity contribution < 1.29 is 9.47 Å². The quantitative estimate of drug-likeness (QED) is 0.837. The minimum atomic E-state index is 0.0321. The highest BCUT2D eigenvalue weighted by Crippen LogP contribution is 2.26. The Hall–Kier alpha value is -0.950. The monoisotopic (exact) mass is 280 g/mol. The van der Waals surface area contributed by atoms with Gasteiger partial charge in [-0.2, -0.15) is 0 Å². The van der Waals surface area contributed by atoms with E-state index in [1.54, 1.807) is 0 Å². The van der Waals surface area contributed by atoms with Crippen molar-refractivity contribution in [2.24, 2.45) is 11.7 Å². The topological polar surface area (TPSA) is 65.5 Å². The molecule has 0 spiro atoms. The van der Waals surface area contributed by atoms with Gasteiger partial charge in [0, 0.05) is 44.9 Å². The Kier molecular flexibility index (Phi) is 4.67. The first-order valence-electron chi connectivity index (χ1n) is 7.48. The predicted octanol–water partition coefficient (Wildman–Crippen LogP) is 0.252. The van der Waals surface area contributed by atoms with Crippen LogP contribution in [-0.2, 0) is 16.0 Å². The van der Waals surface area contributed by atoms with E-state index in [0.717, 1.165) is 64.7 Å². The molecule has 2 unspecified atom stereocenters. The predicted molar refractivity (Wildman–Crippen MR) is 75.3 cm³/mol.